The number of hydrogen-bond acceptors (Lipinski definition) is 5. The molecule has 3 heterocycles. The van der Waals surface area contributed by atoms with Crippen molar-refractivity contribution in [2.45, 2.75) is 32.6 Å². The van der Waals surface area contributed by atoms with Crippen molar-refractivity contribution in [1.29, 1.82) is 0 Å². The van der Waals surface area contributed by atoms with Crippen LogP contribution in [0.2, 0.25) is 0 Å². The summed E-state index contributed by atoms with van der Waals surface area (Å²) in [7, 11) is 0. The first kappa shape index (κ1) is 18.5. The van der Waals surface area contributed by atoms with Gasteiger partial charge in [-0.15, -0.1) is 0 Å². The molecule has 7 nitrogen and oxygen atoms in total. The largest absolute Gasteiger partial charge is 0.450 e. The van der Waals surface area contributed by atoms with Crippen LogP contribution in [0.25, 0.3) is 0 Å². The van der Waals surface area contributed by atoms with Crippen molar-refractivity contribution in [3.05, 3.63) is 24.0 Å². The Morgan fingerprint density at radius 1 is 1.00 bits per heavy atom. The summed E-state index contributed by atoms with van der Waals surface area (Å²) < 4.78 is 5.06. The summed E-state index contributed by atoms with van der Waals surface area (Å²) in [6, 6.07) is 3.81. The smallest absolute Gasteiger partial charge is 0.409 e. The second kappa shape index (κ2) is 8.87. The van der Waals surface area contributed by atoms with Crippen LogP contribution in [0.5, 0.6) is 0 Å². The minimum Gasteiger partial charge on any atom is -0.450 e. The lowest BCUT2D eigenvalue weighted by molar-refractivity contribution is 0.0755. The minimum absolute atomic E-state index is 0.0268. The number of carbonyl (C=O) groups excluding carboxylic acids is 2. The Morgan fingerprint density at radius 2 is 1.69 bits per heavy atom. The molecule has 2 saturated heterocycles. The third-order valence-corrected chi connectivity index (χ3v) is 5.03. The number of nitrogens with zero attached hydrogens (tertiary/aromatic N) is 4. The predicted molar refractivity (Wildman–Crippen MR) is 99.4 cm³/mol. The minimum atomic E-state index is -0.251. The molecule has 0 radical (unpaired) electrons. The number of piperazine rings is 1. The number of likely N-dealkylation sites (tertiary alicyclic amines) is 1. The van der Waals surface area contributed by atoms with Gasteiger partial charge in [-0.25, -0.2) is 4.79 Å². The highest BCUT2D eigenvalue weighted by Crippen LogP contribution is 2.19. The molecule has 0 bridgehead atoms. The molecule has 26 heavy (non-hydrogen) atoms. The molecule has 2 fully saturated rings. The Labute approximate surface area is 154 Å². The lowest BCUT2D eigenvalue weighted by Crippen LogP contribution is -2.49. The first-order chi connectivity index (χ1) is 12.7. The molecule has 0 unspecified atom stereocenters. The van der Waals surface area contributed by atoms with Crippen LogP contribution in [0.3, 0.4) is 0 Å². The van der Waals surface area contributed by atoms with Gasteiger partial charge in [-0.3, -0.25) is 9.78 Å². The van der Waals surface area contributed by atoms with E-state index in [1.165, 1.54) is 12.8 Å². The van der Waals surface area contributed by atoms with Gasteiger partial charge in [0, 0.05) is 51.2 Å². The summed E-state index contributed by atoms with van der Waals surface area (Å²) in [5, 5.41) is 0. The topological polar surface area (TPSA) is 66.0 Å². The summed E-state index contributed by atoms with van der Waals surface area (Å²) in [4.78, 5) is 34.7. The molecule has 0 aromatic carbocycles. The highest BCUT2D eigenvalue weighted by Gasteiger charge is 2.24. The zero-order valence-corrected chi connectivity index (χ0v) is 15.5. The highest BCUT2D eigenvalue weighted by molar-refractivity contribution is 5.93. The third kappa shape index (κ3) is 4.45. The van der Waals surface area contributed by atoms with E-state index in [0.29, 0.717) is 25.4 Å². The standard InChI is InChI=1S/C19H28N4O3/c1-2-26-19(25)23-13-11-21(12-14-23)16-7-8-20-17(15-16)18(24)22-9-5-3-4-6-10-22/h7-8,15H,2-6,9-14H2,1H3. The predicted octanol–water partition coefficient (Wildman–Crippen LogP) is 2.38. The molecule has 0 atom stereocenters. The summed E-state index contributed by atoms with van der Waals surface area (Å²) in [6.45, 7) is 6.54. The van der Waals surface area contributed by atoms with Gasteiger partial charge in [0.2, 0.25) is 0 Å². The number of ether oxygens (including phenoxy) is 1. The molecule has 0 saturated carbocycles. The SMILES string of the molecule is CCOC(=O)N1CCN(c2ccnc(C(=O)N3CCCCCC3)c2)CC1. The Kier molecular flexibility index (Phi) is 6.30. The van der Waals surface area contributed by atoms with Gasteiger partial charge in [0.25, 0.3) is 5.91 Å². The number of carbonyl (C=O) groups is 2. The number of aromatic nitrogens is 1. The molecular weight excluding hydrogens is 332 g/mol. The van der Waals surface area contributed by atoms with Gasteiger partial charge in [-0.1, -0.05) is 12.8 Å². The zero-order chi connectivity index (χ0) is 18.4. The van der Waals surface area contributed by atoms with E-state index in [9.17, 15) is 9.59 Å². The fourth-order valence-electron chi connectivity index (χ4n) is 3.53. The maximum atomic E-state index is 12.8. The van der Waals surface area contributed by atoms with Gasteiger partial charge in [-0.2, -0.15) is 0 Å². The number of amides is 2. The molecular formula is C19H28N4O3. The molecule has 142 valence electrons. The number of hydrogen-bond donors (Lipinski definition) is 0. The molecule has 3 rings (SSSR count). The highest BCUT2D eigenvalue weighted by atomic mass is 16.6. The molecule has 2 aliphatic heterocycles. The average molecular weight is 360 g/mol. The van der Waals surface area contributed by atoms with Crippen LogP contribution in [0, 0.1) is 0 Å². The van der Waals surface area contributed by atoms with Gasteiger partial charge in [0.1, 0.15) is 5.69 Å². The maximum Gasteiger partial charge on any atom is 0.409 e. The molecule has 7 heteroatoms. The second-order valence-electron chi connectivity index (χ2n) is 6.78. The van der Waals surface area contributed by atoms with E-state index in [1.807, 2.05) is 24.0 Å². The second-order valence-corrected chi connectivity index (χ2v) is 6.78. The lowest BCUT2D eigenvalue weighted by atomic mass is 10.2. The summed E-state index contributed by atoms with van der Waals surface area (Å²) in [5.41, 5.74) is 1.50. The van der Waals surface area contributed by atoms with E-state index in [2.05, 4.69) is 9.88 Å². The van der Waals surface area contributed by atoms with Crippen LogP contribution in [-0.2, 0) is 4.74 Å². The Hall–Kier alpha value is -2.31. The monoisotopic (exact) mass is 360 g/mol. The molecule has 2 aliphatic rings. The van der Waals surface area contributed by atoms with E-state index in [0.717, 1.165) is 44.7 Å². The summed E-state index contributed by atoms with van der Waals surface area (Å²) >= 11 is 0. The van der Waals surface area contributed by atoms with E-state index in [-0.39, 0.29) is 12.0 Å². The van der Waals surface area contributed by atoms with Crippen LogP contribution in [0.1, 0.15) is 43.1 Å². The van der Waals surface area contributed by atoms with E-state index < -0.39 is 0 Å². The van der Waals surface area contributed by atoms with E-state index in [1.54, 1.807) is 11.1 Å². The first-order valence-corrected chi connectivity index (χ1v) is 9.61. The Bertz CT molecular complexity index is 621. The molecule has 0 spiro atoms. The molecule has 1 aromatic rings. The zero-order valence-electron chi connectivity index (χ0n) is 15.5. The first-order valence-electron chi connectivity index (χ1n) is 9.61. The number of rotatable bonds is 3. The van der Waals surface area contributed by atoms with Crippen molar-refractivity contribution in [2.75, 3.05) is 50.8 Å². The van der Waals surface area contributed by atoms with Crippen LogP contribution in [-0.4, -0.2) is 72.7 Å². The van der Waals surface area contributed by atoms with Gasteiger partial charge in [0.05, 0.1) is 6.61 Å². The van der Waals surface area contributed by atoms with Crippen molar-refractivity contribution < 1.29 is 14.3 Å². The van der Waals surface area contributed by atoms with Crippen molar-refractivity contribution in [3.63, 3.8) is 0 Å². The fourth-order valence-corrected chi connectivity index (χ4v) is 3.53. The van der Waals surface area contributed by atoms with E-state index in [4.69, 9.17) is 4.74 Å². The number of pyridine rings is 1. The maximum absolute atomic E-state index is 12.8. The molecule has 2 amide bonds. The lowest BCUT2D eigenvalue weighted by Gasteiger charge is -2.35. The summed E-state index contributed by atoms with van der Waals surface area (Å²) in [6.07, 6.45) is 5.99. The molecule has 0 aliphatic carbocycles. The van der Waals surface area contributed by atoms with Crippen LogP contribution in [0.4, 0.5) is 10.5 Å². The quantitative estimate of drug-likeness (QED) is 0.828. The van der Waals surface area contributed by atoms with Gasteiger partial charge >= 0.3 is 6.09 Å². The Morgan fingerprint density at radius 3 is 2.35 bits per heavy atom. The third-order valence-electron chi connectivity index (χ3n) is 5.03. The van der Waals surface area contributed by atoms with E-state index >= 15 is 0 Å². The van der Waals surface area contributed by atoms with Crippen LogP contribution < -0.4 is 4.90 Å². The number of anilines is 1. The molecule has 0 N–H and O–H groups in total. The summed E-state index contributed by atoms with van der Waals surface area (Å²) in [5.74, 6) is 0.0268. The van der Waals surface area contributed by atoms with Crippen LogP contribution in [0.15, 0.2) is 18.3 Å². The van der Waals surface area contributed by atoms with Crippen molar-refractivity contribution in [1.82, 2.24) is 14.8 Å². The fraction of sp³-hybridized carbons (Fsp3) is 0.632. The van der Waals surface area contributed by atoms with Crippen molar-refractivity contribution >= 4 is 17.7 Å². The van der Waals surface area contributed by atoms with Gasteiger partial charge in [0.15, 0.2) is 0 Å². The molecule has 1 aromatic heterocycles. The van der Waals surface area contributed by atoms with Gasteiger partial charge in [-0.05, 0) is 31.9 Å². The normalized spacial score (nSPS) is 18.4. The van der Waals surface area contributed by atoms with Crippen molar-refractivity contribution in [2.24, 2.45) is 0 Å². The van der Waals surface area contributed by atoms with Gasteiger partial charge < -0.3 is 19.4 Å². The average Bonchev–Trinajstić information content (AvgIpc) is 2.97. The van der Waals surface area contributed by atoms with Crippen LogP contribution >= 0.6 is 0 Å². The van der Waals surface area contributed by atoms with Crippen molar-refractivity contribution in [3.8, 4) is 0 Å². The Balaban J connectivity index is 1.62.